The molecule has 38 heavy (non-hydrogen) atoms. The highest BCUT2D eigenvalue weighted by Crippen LogP contribution is 2.38. The summed E-state index contributed by atoms with van der Waals surface area (Å²) in [6.45, 7) is 0. The Kier molecular flexibility index (Phi) is 6.56. The van der Waals surface area contributed by atoms with Gasteiger partial charge in [0.15, 0.2) is 0 Å². The van der Waals surface area contributed by atoms with E-state index in [2.05, 4.69) is 9.47 Å². The normalized spacial score (nSPS) is 25.0. The van der Waals surface area contributed by atoms with Gasteiger partial charge in [-0.05, 0) is 49.9 Å². The second kappa shape index (κ2) is 9.85. The second-order valence-electron chi connectivity index (χ2n) is 9.74. The molecule has 0 N–H and O–H groups in total. The minimum atomic E-state index is -0.271. The lowest BCUT2D eigenvalue weighted by Gasteiger charge is -2.38. The van der Waals surface area contributed by atoms with Crippen molar-refractivity contribution in [2.75, 3.05) is 14.2 Å². The summed E-state index contributed by atoms with van der Waals surface area (Å²) in [6.07, 6.45) is 1.99. The molecular formula is C28H26N2O8. The molecule has 6 rings (SSSR count). The van der Waals surface area contributed by atoms with Crippen molar-refractivity contribution in [3.8, 4) is 0 Å². The Morgan fingerprint density at radius 1 is 0.579 bits per heavy atom. The first-order valence-electron chi connectivity index (χ1n) is 12.4. The van der Waals surface area contributed by atoms with Crippen LogP contribution in [-0.4, -0.2) is 71.7 Å². The summed E-state index contributed by atoms with van der Waals surface area (Å²) in [6, 6.07) is 13.2. The van der Waals surface area contributed by atoms with Crippen molar-refractivity contribution >= 4 is 35.6 Å². The number of hydrogen-bond acceptors (Lipinski definition) is 8. The maximum Gasteiger partial charge on any atom is 0.308 e. The van der Waals surface area contributed by atoms with Crippen LogP contribution in [0, 0.1) is 11.8 Å². The van der Waals surface area contributed by atoms with E-state index >= 15 is 0 Å². The molecule has 2 aromatic carbocycles. The molecule has 2 aromatic rings. The molecule has 4 aliphatic rings. The van der Waals surface area contributed by atoms with Gasteiger partial charge in [0.25, 0.3) is 23.6 Å². The quantitative estimate of drug-likeness (QED) is 0.446. The number of fused-ring (bicyclic) bond motifs is 2. The molecule has 4 amide bonds. The van der Waals surface area contributed by atoms with E-state index in [0.717, 1.165) is 0 Å². The molecule has 2 aliphatic carbocycles. The number of imide groups is 2. The zero-order valence-corrected chi connectivity index (χ0v) is 20.9. The molecule has 0 bridgehead atoms. The van der Waals surface area contributed by atoms with E-state index < -0.39 is 0 Å². The highest BCUT2D eigenvalue weighted by Gasteiger charge is 2.48. The average molecular weight is 519 g/mol. The van der Waals surface area contributed by atoms with Crippen LogP contribution in [0.3, 0.4) is 0 Å². The number of methoxy groups -OCH3 is 2. The molecule has 2 heterocycles. The highest BCUT2D eigenvalue weighted by molar-refractivity contribution is 6.22. The molecule has 0 unspecified atom stereocenters. The van der Waals surface area contributed by atoms with E-state index in [-0.39, 0.29) is 59.5 Å². The van der Waals surface area contributed by atoms with E-state index in [1.54, 1.807) is 48.5 Å². The fraction of sp³-hybridized carbons (Fsp3) is 0.357. The minimum absolute atomic E-state index is 0.184. The molecule has 0 radical (unpaired) electrons. The van der Waals surface area contributed by atoms with Gasteiger partial charge in [0.05, 0.1) is 48.3 Å². The third kappa shape index (κ3) is 4.06. The Morgan fingerprint density at radius 2 is 0.842 bits per heavy atom. The first kappa shape index (κ1) is 25.3. The van der Waals surface area contributed by atoms with Crippen LogP contribution < -0.4 is 0 Å². The summed E-state index contributed by atoms with van der Waals surface area (Å²) in [5.41, 5.74) is 1.81. The molecule has 0 aromatic heterocycles. The Balaban J connectivity index is 0.000000155. The van der Waals surface area contributed by atoms with E-state index in [4.69, 9.17) is 0 Å². The topological polar surface area (TPSA) is 127 Å². The lowest BCUT2D eigenvalue weighted by Crippen LogP contribution is -2.49. The molecule has 0 spiro atoms. The van der Waals surface area contributed by atoms with Gasteiger partial charge >= 0.3 is 11.9 Å². The first-order valence-corrected chi connectivity index (χ1v) is 12.4. The van der Waals surface area contributed by atoms with Crippen molar-refractivity contribution in [3.05, 3.63) is 70.8 Å². The monoisotopic (exact) mass is 518 g/mol. The fourth-order valence-electron chi connectivity index (χ4n) is 5.39. The van der Waals surface area contributed by atoms with Gasteiger partial charge in [-0.25, -0.2) is 0 Å². The van der Waals surface area contributed by atoms with Crippen LogP contribution in [0.1, 0.15) is 67.1 Å². The Labute approximate surface area is 218 Å². The second-order valence-corrected chi connectivity index (χ2v) is 9.74. The Hall–Kier alpha value is -4.34. The van der Waals surface area contributed by atoms with Crippen LogP contribution in [0.25, 0.3) is 0 Å². The average Bonchev–Trinajstić information content (AvgIpc) is 3.28. The number of nitrogens with zero attached hydrogens (tertiary/aromatic N) is 2. The number of hydrogen-bond donors (Lipinski definition) is 0. The number of carbonyl (C=O) groups excluding carboxylic acids is 6. The van der Waals surface area contributed by atoms with Gasteiger partial charge < -0.3 is 9.47 Å². The number of carbonyl (C=O) groups is 6. The Morgan fingerprint density at radius 3 is 1.08 bits per heavy atom. The molecule has 2 fully saturated rings. The standard InChI is InChI=1S/2C14H13NO4/c2*1-19-14(18)8-6-9(7-8)15-12(16)10-4-2-3-5-11(10)13(15)17/h2*2-5,8-9H,6-7H2,1H3. The minimum Gasteiger partial charge on any atom is -0.469 e. The molecule has 196 valence electrons. The summed E-state index contributed by atoms with van der Waals surface area (Å²) < 4.78 is 9.31. The lowest BCUT2D eigenvalue weighted by molar-refractivity contribution is -0.150. The van der Waals surface area contributed by atoms with Crippen LogP contribution in [0.4, 0.5) is 0 Å². The summed E-state index contributed by atoms with van der Waals surface area (Å²) in [5, 5.41) is 0. The zero-order valence-electron chi connectivity index (χ0n) is 20.9. The van der Waals surface area contributed by atoms with Gasteiger partial charge in [-0.15, -0.1) is 0 Å². The third-order valence-corrected chi connectivity index (χ3v) is 7.68. The van der Waals surface area contributed by atoms with Crippen molar-refractivity contribution in [2.24, 2.45) is 11.8 Å². The molecule has 0 atom stereocenters. The first-order chi connectivity index (χ1) is 18.3. The highest BCUT2D eigenvalue weighted by atomic mass is 16.5. The van der Waals surface area contributed by atoms with Crippen LogP contribution in [0.2, 0.25) is 0 Å². The Bertz CT molecular complexity index is 1180. The van der Waals surface area contributed by atoms with Gasteiger partial charge in [-0.1, -0.05) is 24.3 Å². The molecule has 2 saturated carbocycles. The van der Waals surface area contributed by atoms with Gasteiger partial charge in [0.2, 0.25) is 0 Å². The maximum absolute atomic E-state index is 12.2. The van der Waals surface area contributed by atoms with Crippen molar-refractivity contribution in [3.63, 3.8) is 0 Å². The predicted molar refractivity (Wildman–Crippen MR) is 131 cm³/mol. The van der Waals surface area contributed by atoms with E-state index in [1.807, 2.05) is 0 Å². The van der Waals surface area contributed by atoms with Crippen molar-refractivity contribution < 1.29 is 38.2 Å². The number of rotatable bonds is 4. The number of esters is 2. The number of benzene rings is 2. The fourth-order valence-corrected chi connectivity index (χ4v) is 5.39. The van der Waals surface area contributed by atoms with Crippen molar-refractivity contribution in [1.82, 2.24) is 9.80 Å². The molecule has 2 aliphatic heterocycles. The van der Waals surface area contributed by atoms with E-state index in [0.29, 0.717) is 47.9 Å². The summed E-state index contributed by atoms with van der Waals surface area (Å²) >= 11 is 0. The summed E-state index contributed by atoms with van der Waals surface area (Å²) in [4.78, 5) is 73.9. The van der Waals surface area contributed by atoms with Crippen LogP contribution in [0.15, 0.2) is 48.5 Å². The third-order valence-electron chi connectivity index (χ3n) is 7.68. The zero-order chi connectivity index (χ0) is 27.1. The smallest absolute Gasteiger partial charge is 0.308 e. The van der Waals surface area contributed by atoms with Gasteiger partial charge in [-0.2, -0.15) is 0 Å². The van der Waals surface area contributed by atoms with Gasteiger partial charge in [0.1, 0.15) is 0 Å². The molecule has 10 nitrogen and oxygen atoms in total. The van der Waals surface area contributed by atoms with Gasteiger partial charge in [-0.3, -0.25) is 38.6 Å². The van der Waals surface area contributed by atoms with E-state index in [9.17, 15) is 28.8 Å². The molecular weight excluding hydrogens is 492 g/mol. The lowest BCUT2D eigenvalue weighted by atomic mass is 9.79. The van der Waals surface area contributed by atoms with Crippen LogP contribution in [-0.2, 0) is 19.1 Å². The van der Waals surface area contributed by atoms with Crippen LogP contribution >= 0.6 is 0 Å². The maximum atomic E-state index is 12.2. The molecule has 10 heteroatoms. The van der Waals surface area contributed by atoms with Gasteiger partial charge in [0, 0.05) is 12.1 Å². The van der Waals surface area contributed by atoms with Crippen molar-refractivity contribution in [2.45, 2.75) is 37.8 Å². The van der Waals surface area contributed by atoms with Crippen molar-refractivity contribution in [1.29, 1.82) is 0 Å². The SMILES string of the molecule is COC(=O)C1CC(N2C(=O)c3ccccc3C2=O)C1.COC(=O)C1CC(N2C(=O)c3ccccc3C2=O)C1. The number of amides is 4. The summed E-state index contributed by atoms with van der Waals surface area (Å²) in [7, 11) is 2.69. The van der Waals surface area contributed by atoms with Crippen LogP contribution in [0.5, 0.6) is 0 Å². The number of ether oxygens (including phenoxy) is 2. The van der Waals surface area contributed by atoms with E-state index in [1.165, 1.54) is 24.0 Å². The summed E-state index contributed by atoms with van der Waals surface area (Å²) in [5.74, 6) is -1.95. The predicted octanol–water partition coefficient (Wildman–Crippen LogP) is 2.47. The molecule has 0 saturated heterocycles. The largest absolute Gasteiger partial charge is 0.469 e.